The highest BCUT2D eigenvalue weighted by Gasteiger charge is 2.03. The summed E-state index contributed by atoms with van der Waals surface area (Å²) in [5.41, 5.74) is 1.73. The van der Waals surface area contributed by atoms with Crippen molar-refractivity contribution < 1.29 is 0 Å². The van der Waals surface area contributed by atoms with Crippen LogP contribution in [-0.2, 0) is 6.42 Å². The summed E-state index contributed by atoms with van der Waals surface area (Å²) in [5.74, 6) is 0. The van der Waals surface area contributed by atoms with E-state index in [9.17, 15) is 4.79 Å². The summed E-state index contributed by atoms with van der Waals surface area (Å²) in [5, 5.41) is 1.08. The lowest BCUT2D eigenvalue weighted by Gasteiger charge is -2.02. The van der Waals surface area contributed by atoms with E-state index in [0.29, 0.717) is 10.4 Å². The summed E-state index contributed by atoms with van der Waals surface area (Å²) in [4.78, 5) is 14.8. The van der Waals surface area contributed by atoms with Crippen molar-refractivity contribution in [3.63, 3.8) is 0 Å². The van der Waals surface area contributed by atoms with Gasteiger partial charge in [0.25, 0.3) is 0 Å². The molecule has 0 amide bonds. The Morgan fingerprint density at radius 2 is 2.21 bits per heavy atom. The quantitative estimate of drug-likeness (QED) is 0.767. The van der Waals surface area contributed by atoms with E-state index < -0.39 is 0 Å². The average molecular weight is 208 g/mol. The molecule has 0 unspecified atom stereocenters. The van der Waals surface area contributed by atoms with Gasteiger partial charge in [0.05, 0.1) is 15.9 Å². The van der Waals surface area contributed by atoms with E-state index in [1.165, 1.54) is 0 Å². The van der Waals surface area contributed by atoms with Crippen LogP contribution in [0.3, 0.4) is 0 Å². The minimum Gasteiger partial charge on any atom is -0.358 e. The van der Waals surface area contributed by atoms with Gasteiger partial charge in [-0.2, -0.15) is 0 Å². The number of rotatable bonds is 1. The molecule has 2 aromatic rings. The average Bonchev–Trinajstić information content (AvgIpc) is 2.17. The van der Waals surface area contributed by atoms with Crippen molar-refractivity contribution in [2.75, 3.05) is 0 Å². The zero-order valence-electron chi connectivity index (χ0n) is 7.80. The first-order valence-corrected chi connectivity index (χ1v) is 4.90. The molecule has 0 spiro atoms. The van der Waals surface area contributed by atoms with Crippen LogP contribution in [0.2, 0.25) is 5.02 Å². The fourth-order valence-electron chi connectivity index (χ4n) is 1.51. The first-order chi connectivity index (χ1) is 6.72. The molecule has 0 fully saturated rings. The molecule has 0 saturated carbocycles. The molecule has 0 aliphatic heterocycles. The molecule has 72 valence electrons. The fraction of sp³-hybridized carbons (Fsp3) is 0.182. The van der Waals surface area contributed by atoms with Crippen LogP contribution in [-0.4, -0.2) is 4.98 Å². The zero-order valence-corrected chi connectivity index (χ0v) is 8.56. The number of fused-ring (bicyclic) bond motifs is 1. The molecule has 14 heavy (non-hydrogen) atoms. The summed E-state index contributed by atoms with van der Waals surface area (Å²) in [7, 11) is 0. The predicted octanol–water partition coefficient (Wildman–Crippen LogP) is 2.74. The summed E-state index contributed by atoms with van der Waals surface area (Å²) in [6.45, 7) is 2.00. The third-order valence-electron chi connectivity index (χ3n) is 2.24. The molecule has 1 aromatic carbocycles. The van der Waals surface area contributed by atoms with Gasteiger partial charge < -0.3 is 4.98 Å². The maximum atomic E-state index is 11.7. The van der Waals surface area contributed by atoms with Crippen LogP contribution in [0, 0.1) is 0 Å². The molecule has 0 aliphatic carbocycles. The molecule has 0 atom stereocenters. The number of hydrogen-bond acceptors (Lipinski definition) is 1. The number of H-pyrrole nitrogens is 1. The molecule has 1 heterocycles. The molecule has 0 bridgehead atoms. The first-order valence-electron chi connectivity index (χ1n) is 4.53. The van der Waals surface area contributed by atoms with Gasteiger partial charge in [-0.05, 0) is 18.6 Å². The number of aromatic nitrogens is 1. The standard InChI is InChI=1S/C11H10ClNO/c1-2-7-6-10(14)11-8(12)4-3-5-9(11)13-7/h3-6H,2H2,1H3,(H,13,14). The summed E-state index contributed by atoms with van der Waals surface area (Å²) < 4.78 is 0. The van der Waals surface area contributed by atoms with Crippen molar-refractivity contribution >= 4 is 22.5 Å². The molecular weight excluding hydrogens is 198 g/mol. The Kier molecular flexibility index (Phi) is 2.30. The van der Waals surface area contributed by atoms with Crippen molar-refractivity contribution in [3.05, 3.63) is 45.2 Å². The summed E-state index contributed by atoms with van der Waals surface area (Å²) in [6, 6.07) is 7.03. The highest BCUT2D eigenvalue weighted by molar-refractivity contribution is 6.35. The van der Waals surface area contributed by atoms with Gasteiger partial charge in [0.1, 0.15) is 0 Å². The maximum Gasteiger partial charge on any atom is 0.191 e. The topological polar surface area (TPSA) is 32.9 Å². The van der Waals surface area contributed by atoms with Gasteiger partial charge in [0.15, 0.2) is 5.43 Å². The van der Waals surface area contributed by atoms with Crippen LogP contribution in [0.25, 0.3) is 10.9 Å². The van der Waals surface area contributed by atoms with Gasteiger partial charge in [-0.15, -0.1) is 0 Å². The number of halogens is 1. The number of benzene rings is 1. The van der Waals surface area contributed by atoms with Gasteiger partial charge >= 0.3 is 0 Å². The largest absolute Gasteiger partial charge is 0.358 e. The van der Waals surface area contributed by atoms with Gasteiger partial charge in [0.2, 0.25) is 0 Å². The third kappa shape index (κ3) is 1.42. The minimum atomic E-state index is -0.0128. The zero-order chi connectivity index (χ0) is 10.1. The second-order valence-electron chi connectivity index (χ2n) is 3.17. The second-order valence-corrected chi connectivity index (χ2v) is 3.58. The Labute approximate surface area is 86.5 Å². The predicted molar refractivity (Wildman–Crippen MR) is 59.0 cm³/mol. The third-order valence-corrected chi connectivity index (χ3v) is 2.56. The van der Waals surface area contributed by atoms with Gasteiger partial charge in [-0.1, -0.05) is 24.6 Å². The number of nitrogens with one attached hydrogen (secondary N) is 1. The van der Waals surface area contributed by atoms with Crippen molar-refractivity contribution in [1.82, 2.24) is 4.98 Å². The Bertz CT molecular complexity index is 530. The van der Waals surface area contributed by atoms with Crippen LogP contribution in [0.15, 0.2) is 29.1 Å². The van der Waals surface area contributed by atoms with Crippen molar-refractivity contribution in [1.29, 1.82) is 0 Å². The molecule has 2 nitrogen and oxygen atoms in total. The molecule has 0 saturated heterocycles. The smallest absolute Gasteiger partial charge is 0.191 e. The second kappa shape index (κ2) is 3.46. The molecule has 2 rings (SSSR count). The van der Waals surface area contributed by atoms with E-state index in [2.05, 4.69) is 4.98 Å². The van der Waals surface area contributed by atoms with E-state index in [4.69, 9.17) is 11.6 Å². The van der Waals surface area contributed by atoms with Crippen molar-refractivity contribution in [2.24, 2.45) is 0 Å². The van der Waals surface area contributed by atoms with Crippen LogP contribution in [0.5, 0.6) is 0 Å². The molecule has 1 N–H and O–H groups in total. The minimum absolute atomic E-state index is 0.0128. The Morgan fingerprint density at radius 3 is 2.93 bits per heavy atom. The van der Waals surface area contributed by atoms with Crippen molar-refractivity contribution in [2.45, 2.75) is 13.3 Å². The van der Waals surface area contributed by atoms with Crippen LogP contribution in [0.1, 0.15) is 12.6 Å². The normalized spacial score (nSPS) is 10.7. The van der Waals surface area contributed by atoms with Crippen molar-refractivity contribution in [3.8, 4) is 0 Å². The number of aromatic amines is 1. The molecule has 1 aromatic heterocycles. The molecular formula is C11H10ClNO. The van der Waals surface area contributed by atoms with E-state index >= 15 is 0 Å². The van der Waals surface area contributed by atoms with Gasteiger partial charge in [-0.3, -0.25) is 4.79 Å². The lowest BCUT2D eigenvalue weighted by molar-refractivity contribution is 1.05. The Hall–Kier alpha value is -1.28. The Morgan fingerprint density at radius 1 is 1.43 bits per heavy atom. The number of aryl methyl sites for hydroxylation is 1. The van der Waals surface area contributed by atoms with Gasteiger partial charge in [-0.25, -0.2) is 0 Å². The number of pyridine rings is 1. The van der Waals surface area contributed by atoms with Crippen LogP contribution < -0.4 is 5.43 Å². The van der Waals surface area contributed by atoms with E-state index in [1.807, 2.05) is 19.1 Å². The lowest BCUT2D eigenvalue weighted by Crippen LogP contribution is -2.04. The molecule has 0 radical (unpaired) electrons. The molecule has 3 heteroatoms. The molecule has 0 aliphatic rings. The van der Waals surface area contributed by atoms with E-state index in [-0.39, 0.29) is 5.43 Å². The monoisotopic (exact) mass is 207 g/mol. The SMILES string of the molecule is CCc1cc(=O)c2c(Cl)cccc2[nH]1. The maximum absolute atomic E-state index is 11.7. The highest BCUT2D eigenvalue weighted by atomic mass is 35.5. The fourth-order valence-corrected chi connectivity index (χ4v) is 1.78. The Balaban J connectivity index is 2.90. The van der Waals surface area contributed by atoms with Crippen LogP contribution >= 0.6 is 11.6 Å². The summed E-state index contributed by atoms with van der Waals surface area (Å²) >= 11 is 5.94. The highest BCUT2D eigenvalue weighted by Crippen LogP contribution is 2.18. The number of hydrogen-bond donors (Lipinski definition) is 1. The first kappa shape index (κ1) is 9.28. The van der Waals surface area contributed by atoms with Gasteiger partial charge in [0, 0.05) is 11.8 Å². The summed E-state index contributed by atoms with van der Waals surface area (Å²) in [6.07, 6.45) is 0.817. The lowest BCUT2D eigenvalue weighted by atomic mass is 10.2. The van der Waals surface area contributed by atoms with E-state index in [0.717, 1.165) is 17.6 Å². The van der Waals surface area contributed by atoms with Crippen LogP contribution in [0.4, 0.5) is 0 Å². The van der Waals surface area contributed by atoms with E-state index in [1.54, 1.807) is 12.1 Å².